The van der Waals surface area contributed by atoms with E-state index < -0.39 is 17.8 Å². The number of alkyl halides is 3. The molecular formula is C14H10ClF3N2O2. The lowest BCUT2D eigenvalue weighted by atomic mass is 10.2. The summed E-state index contributed by atoms with van der Waals surface area (Å²) in [6.07, 6.45) is -4.52. The summed E-state index contributed by atoms with van der Waals surface area (Å²) in [6.45, 7) is 0. The molecule has 0 fully saturated rings. The zero-order valence-corrected chi connectivity index (χ0v) is 11.7. The molecule has 116 valence electrons. The normalized spacial score (nSPS) is 11.1. The van der Waals surface area contributed by atoms with E-state index in [-0.39, 0.29) is 16.4 Å². The van der Waals surface area contributed by atoms with E-state index in [0.717, 1.165) is 18.2 Å². The Morgan fingerprint density at radius 2 is 1.77 bits per heavy atom. The molecule has 0 spiro atoms. The second-order valence-electron chi connectivity index (χ2n) is 4.30. The SMILES string of the molecule is O=C(Nc1cccc(C(F)(F)F)c1)N(O)c1ccc(Cl)cc1. The fourth-order valence-corrected chi connectivity index (χ4v) is 1.78. The first kappa shape index (κ1) is 16.1. The van der Waals surface area contributed by atoms with Crippen LogP contribution < -0.4 is 10.4 Å². The van der Waals surface area contributed by atoms with Gasteiger partial charge in [0.2, 0.25) is 0 Å². The van der Waals surface area contributed by atoms with Crippen molar-refractivity contribution in [2.24, 2.45) is 0 Å². The van der Waals surface area contributed by atoms with Crippen molar-refractivity contribution in [2.75, 3.05) is 10.4 Å². The number of urea groups is 1. The van der Waals surface area contributed by atoms with Crippen LogP contribution in [0.2, 0.25) is 5.02 Å². The van der Waals surface area contributed by atoms with Crippen molar-refractivity contribution >= 4 is 29.0 Å². The van der Waals surface area contributed by atoms with Gasteiger partial charge in [0, 0.05) is 10.7 Å². The van der Waals surface area contributed by atoms with Crippen LogP contribution in [0.3, 0.4) is 0 Å². The molecule has 0 aromatic heterocycles. The molecule has 0 heterocycles. The number of hydrogen-bond donors (Lipinski definition) is 2. The lowest BCUT2D eigenvalue weighted by molar-refractivity contribution is -0.137. The van der Waals surface area contributed by atoms with E-state index in [1.54, 1.807) is 0 Å². The highest BCUT2D eigenvalue weighted by molar-refractivity contribution is 6.30. The van der Waals surface area contributed by atoms with Gasteiger partial charge in [-0.3, -0.25) is 5.21 Å². The maximum absolute atomic E-state index is 12.6. The van der Waals surface area contributed by atoms with E-state index in [9.17, 15) is 23.2 Å². The molecule has 22 heavy (non-hydrogen) atoms. The third kappa shape index (κ3) is 3.90. The summed E-state index contributed by atoms with van der Waals surface area (Å²) in [5.74, 6) is 0. The van der Waals surface area contributed by atoms with Gasteiger partial charge in [0.15, 0.2) is 0 Å². The first-order valence-electron chi connectivity index (χ1n) is 6.00. The van der Waals surface area contributed by atoms with E-state index in [4.69, 9.17) is 11.6 Å². The van der Waals surface area contributed by atoms with Gasteiger partial charge < -0.3 is 5.32 Å². The molecular weight excluding hydrogens is 321 g/mol. The van der Waals surface area contributed by atoms with Crippen molar-refractivity contribution in [1.82, 2.24) is 0 Å². The monoisotopic (exact) mass is 330 g/mol. The Hall–Kier alpha value is -2.25. The number of rotatable bonds is 2. The van der Waals surface area contributed by atoms with Crippen molar-refractivity contribution in [1.29, 1.82) is 0 Å². The molecule has 2 amide bonds. The van der Waals surface area contributed by atoms with E-state index in [1.807, 2.05) is 0 Å². The number of benzene rings is 2. The van der Waals surface area contributed by atoms with Gasteiger partial charge in [-0.1, -0.05) is 17.7 Å². The number of amides is 2. The number of hydroxylamine groups is 1. The fraction of sp³-hybridized carbons (Fsp3) is 0.0714. The van der Waals surface area contributed by atoms with Gasteiger partial charge in [-0.05, 0) is 42.5 Å². The van der Waals surface area contributed by atoms with E-state index >= 15 is 0 Å². The first-order chi connectivity index (χ1) is 10.3. The Bertz CT molecular complexity index is 675. The van der Waals surface area contributed by atoms with Crippen molar-refractivity contribution in [3.63, 3.8) is 0 Å². The highest BCUT2D eigenvalue weighted by atomic mass is 35.5. The molecule has 0 aliphatic rings. The van der Waals surface area contributed by atoms with Gasteiger partial charge in [0.25, 0.3) is 0 Å². The van der Waals surface area contributed by atoms with Gasteiger partial charge >= 0.3 is 12.2 Å². The summed E-state index contributed by atoms with van der Waals surface area (Å²) < 4.78 is 37.7. The summed E-state index contributed by atoms with van der Waals surface area (Å²) in [5.41, 5.74) is -0.872. The molecule has 0 atom stereocenters. The second kappa shape index (κ2) is 6.25. The lowest BCUT2D eigenvalue weighted by Crippen LogP contribution is -2.31. The minimum Gasteiger partial charge on any atom is -0.306 e. The van der Waals surface area contributed by atoms with Crippen molar-refractivity contribution in [2.45, 2.75) is 6.18 Å². The third-order valence-electron chi connectivity index (χ3n) is 2.70. The molecule has 2 N–H and O–H groups in total. The largest absolute Gasteiger partial charge is 0.416 e. The highest BCUT2D eigenvalue weighted by Gasteiger charge is 2.30. The van der Waals surface area contributed by atoms with E-state index in [1.165, 1.54) is 30.3 Å². The van der Waals surface area contributed by atoms with Crippen molar-refractivity contribution < 1.29 is 23.2 Å². The van der Waals surface area contributed by atoms with Gasteiger partial charge in [-0.25, -0.2) is 4.79 Å². The number of anilines is 2. The number of halogens is 4. The van der Waals surface area contributed by atoms with Crippen LogP contribution in [-0.4, -0.2) is 11.2 Å². The highest BCUT2D eigenvalue weighted by Crippen LogP contribution is 2.30. The van der Waals surface area contributed by atoms with Crippen LogP contribution in [0.4, 0.5) is 29.3 Å². The van der Waals surface area contributed by atoms with Crippen LogP contribution in [0.5, 0.6) is 0 Å². The number of carbonyl (C=O) groups is 1. The molecule has 0 aliphatic carbocycles. The van der Waals surface area contributed by atoms with Crippen LogP contribution in [0.25, 0.3) is 0 Å². The standard InChI is InChI=1S/C14H10ClF3N2O2/c15-10-4-6-12(7-5-10)20(22)13(21)19-11-3-1-2-9(8-11)14(16,17)18/h1-8,22H,(H,19,21). The Kier molecular flexibility index (Phi) is 4.58. The molecule has 0 bridgehead atoms. The predicted molar refractivity (Wildman–Crippen MR) is 76.2 cm³/mol. The van der Waals surface area contributed by atoms with E-state index in [0.29, 0.717) is 5.02 Å². The third-order valence-corrected chi connectivity index (χ3v) is 2.96. The molecule has 0 saturated carbocycles. The Morgan fingerprint density at radius 1 is 1.14 bits per heavy atom. The topological polar surface area (TPSA) is 52.6 Å². The molecule has 4 nitrogen and oxygen atoms in total. The number of nitrogens with one attached hydrogen (secondary N) is 1. The molecule has 0 saturated heterocycles. The molecule has 2 aromatic rings. The Balaban J connectivity index is 2.13. The fourth-order valence-electron chi connectivity index (χ4n) is 1.65. The zero-order chi connectivity index (χ0) is 16.3. The molecule has 8 heteroatoms. The first-order valence-corrected chi connectivity index (χ1v) is 6.38. The second-order valence-corrected chi connectivity index (χ2v) is 4.73. The quantitative estimate of drug-likeness (QED) is 0.614. The summed E-state index contributed by atoms with van der Waals surface area (Å²) in [7, 11) is 0. The van der Waals surface area contributed by atoms with Crippen LogP contribution in [0, 0.1) is 0 Å². The summed E-state index contributed by atoms with van der Waals surface area (Å²) in [5, 5.41) is 12.6. The van der Waals surface area contributed by atoms with Crippen LogP contribution >= 0.6 is 11.6 Å². The smallest absolute Gasteiger partial charge is 0.306 e. The van der Waals surface area contributed by atoms with Crippen molar-refractivity contribution in [3.8, 4) is 0 Å². The van der Waals surface area contributed by atoms with E-state index in [2.05, 4.69) is 5.32 Å². The minimum atomic E-state index is -4.52. The number of carbonyl (C=O) groups excluding carboxylic acids is 1. The summed E-state index contributed by atoms with van der Waals surface area (Å²) in [6, 6.07) is 8.77. The Morgan fingerprint density at radius 3 is 2.36 bits per heavy atom. The maximum atomic E-state index is 12.6. The minimum absolute atomic E-state index is 0.0900. The predicted octanol–water partition coefficient (Wildman–Crippen LogP) is 4.79. The Labute approximate surface area is 128 Å². The molecule has 2 rings (SSSR count). The molecule has 2 aromatic carbocycles. The molecule has 0 radical (unpaired) electrons. The number of hydrogen-bond acceptors (Lipinski definition) is 2. The summed E-state index contributed by atoms with van der Waals surface area (Å²) in [4.78, 5) is 11.8. The maximum Gasteiger partial charge on any atom is 0.416 e. The number of nitrogens with zero attached hydrogens (tertiary/aromatic N) is 1. The van der Waals surface area contributed by atoms with Crippen molar-refractivity contribution in [3.05, 3.63) is 59.1 Å². The van der Waals surface area contributed by atoms with Gasteiger partial charge in [0.1, 0.15) is 0 Å². The average molecular weight is 331 g/mol. The van der Waals surface area contributed by atoms with Gasteiger partial charge in [-0.2, -0.15) is 18.2 Å². The molecule has 0 aliphatic heterocycles. The average Bonchev–Trinajstić information content (AvgIpc) is 2.46. The lowest BCUT2D eigenvalue weighted by Gasteiger charge is -2.16. The van der Waals surface area contributed by atoms with Gasteiger partial charge in [-0.15, -0.1) is 0 Å². The van der Waals surface area contributed by atoms with Gasteiger partial charge in [0.05, 0.1) is 11.3 Å². The zero-order valence-electron chi connectivity index (χ0n) is 10.9. The molecule has 0 unspecified atom stereocenters. The van der Waals surface area contributed by atoms with Crippen LogP contribution in [0.1, 0.15) is 5.56 Å². The van der Waals surface area contributed by atoms with Crippen LogP contribution in [-0.2, 0) is 6.18 Å². The summed E-state index contributed by atoms with van der Waals surface area (Å²) >= 11 is 5.68. The van der Waals surface area contributed by atoms with Crippen LogP contribution in [0.15, 0.2) is 48.5 Å².